The van der Waals surface area contributed by atoms with E-state index in [0.717, 1.165) is 11.4 Å². The van der Waals surface area contributed by atoms with Crippen LogP contribution in [0.4, 0.5) is 5.69 Å². The Bertz CT molecular complexity index is 562. The summed E-state index contributed by atoms with van der Waals surface area (Å²) in [5.74, 6) is 0. The summed E-state index contributed by atoms with van der Waals surface area (Å²) in [5.41, 5.74) is 5.96. The maximum atomic E-state index is 4.51. The van der Waals surface area contributed by atoms with E-state index in [0.29, 0.717) is 0 Å². The molecule has 0 saturated carbocycles. The largest absolute Gasteiger partial charge is 0.347 e. The van der Waals surface area contributed by atoms with Crippen LogP contribution in [0, 0.1) is 20.8 Å². The van der Waals surface area contributed by atoms with Crippen LogP contribution in [0.2, 0.25) is 0 Å². The topological polar surface area (TPSA) is 17.3 Å². The molecule has 2 aromatic rings. The van der Waals surface area contributed by atoms with E-state index in [4.69, 9.17) is 0 Å². The minimum Gasteiger partial charge on any atom is -0.347 e. The van der Waals surface area contributed by atoms with Crippen molar-refractivity contribution in [1.82, 2.24) is 4.57 Å². The molecule has 1 aromatic heterocycles. The molecule has 2 rings (SSSR count). The fraction of sp³-hybridized carbons (Fsp3) is 0.267. The second-order valence-corrected chi connectivity index (χ2v) is 4.49. The number of aliphatic imine (C=N–C) groups is 1. The van der Waals surface area contributed by atoms with Crippen molar-refractivity contribution in [2.24, 2.45) is 12.0 Å². The van der Waals surface area contributed by atoms with Crippen LogP contribution in [-0.2, 0) is 7.05 Å². The van der Waals surface area contributed by atoms with Gasteiger partial charge >= 0.3 is 0 Å². The SMILES string of the molecule is Cc1ccc(N=Cc2ccc(C)n2C)cc1C. The van der Waals surface area contributed by atoms with Crippen LogP contribution in [0.25, 0.3) is 0 Å². The zero-order chi connectivity index (χ0) is 12.4. The second kappa shape index (κ2) is 4.58. The Labute approximate surface area is 103 Å². The molecule has 0 aliphatic heterocycles. The van der Waals surface area contributed by atoms with Gasteiger partial charge in [0.2, 0.25) is 0 Å². The van der Waals surface area contributed by atoms with Crippen LogP contribution in [-0.4, -0.2) is 10.8 Å². The van der Waals surface area contributed by atoms with E-state index in [1.165, 1.54) is 16.8 Å². The first-order valence-corrected chi connectivity index (χ1v) is 5.81. The molecule has 0 N–H and O–H groups in total. The summed E-state index contributed by atoms with van der Waals surface area (Å²) >= 11 is 0. The lowest BCUT2D eigenvalue weighted by atomic mass is 10.1. The van der Waals surface area contributed by atoms with Crippen LogP contribution < -0.4 is 0 Å². The third kappa shape index (κ3) is 2.47. The molecule has 0 atom stereocenters. The average molecular weight is 226 g/mol. The predicted molar refractivity (Wildman–Crippen MR) is 73.3 cm³/mol. The highest BCUT2D eigenvalue weighted by atomic mass is 15.0. The van der Waals surface area contributed by atoms with Crippen LogP contribution in [0.3, 0.4) is 0 Å². The van der Waals surface area contributed by atoms with Crippen molar-refractivity contribution in [3.05, 3.63) is 52.8 Å². The van der Waals surface area contributed by atoms with Crippen molar-refractivity contribution in [2.75, 3.05) is 0 Å². The second-order valence-electron chi connectivity index (χ2n) is 4.49. The number of aryl methyl sites for hydroxylation is 3. The summed E-state index contributed by atoms with van der Waals surface area (Å²) in [7, 11) is 2.05. The Balaban J connectivity index is 2.26. The summed E-state index contributed by atoms with van der Waals surface area (Å²) in [5, 5.41) is 0. The fourth-order valence-electron chi connectivity index (χ4n) is 1.71. The first kappa shape index (κ1) is 11.6. The van der Waals surface area contributed by atoms with Crippen molar-refractivity contribution in [1.29, 1.82) is 0 Å². The Morgan fingerprint density at radius 3 is 2.35 bits per heavy atom. The zero-order valence-electron chi connectivity index (χ0n) is 10.9. The smallest absolute Gasteiger partial charge is 0.0633 e. The highest BCUT2D eigenvalue weighted by molar-refractivity contribution is 5.80. The van der Waals surface area contributed by atoms with Gasteiger partial charge in [0.15, 0.2) is 0 Å². The fourth-order valence-corrected chi connectivity index (χ4v) is 1.71. The lowest BCUT2D eigenvalue weighted by Crippen LogP contribution is -1.96. The Kier molecular flexibility index (Phi) is 3.14. The summed E-state index contributed by atoms with van der Waals surface area (Å²) in [6, 6.07) is 10.5. The molecule has 1 heterocycles. The molecule has 0 amide bonds. The van der Waals surface area contributed by atoms with Gasteiger partial charge in [0.1, 0.15) is 0 Å². The maximum Gasteiger partial charge on any atom is 0.0633 e. The molecule has 1 aromatic carbocycles. The lowest BCUT2D eigenvalue weighted by Gasteiger charge is -2.01. The highest BCUT2D eigenvalue weighted by Gasteiger charge is 1.98. The third-order valence-electron chi connectivity index (χ3n) is 3.25. The van der Waals surface area contributed by atoms with Crippen LogP contribution in [0.15, 0.2) is 35.3 Å². The molecule has 2 nitrogen and oxygen atoms in total. The number of rotatable bonds is 2. The quantitative estimate of drug-likeness (QED) is 0.695. The summed E-state index contributed by atoms with van der Waals surface area (Å²) in [6.07, 6.45) is 1.91. The first-order valence-electron chi connectivity index (χ1n) is 5.81. The van der Waals surface area contributed by atoms with Gasteiger partial charge in [0.25, 0.3) is 0 Å². The van der Waals surface area contributed by atoms with Gasteiger partial charge < -0.3 is 4.57 Å². The van der Waals surface area contributed by atoms with E-state index in [1.807, 2.05) is 6.21 Å². The minimum atomic E-state index is 1.01. The lowest BCUT2D eigenvalue weighted by molar-refractivity contribution is 0.874. The summed E-state index contributed by atoms with van der Waals surface area (Å²) in [4.78, 5) is 4.51. The molecule has 0 spiro atoms. The minimum absolute atomic E-state index is 1.01. The van der Waals surface area contributed by atoms with Gasteiger partial charge in [-0.25, -0.2) is 0 Å². The van der Waals surface area contributed by atoms with Crippen molar-refractivity contribution in [2.45, 2.75) is 20.8 Å². The molecule has 2 heteroatoms. The molecule has 0 saturated heterocycles. The van der Waals surface area contributed by atoms with Crippen molar-refractivity contribution in [3.63, 3.8) is 0 Å². The van der Waals surface area contributed by atoms with E-state index in [9.17, 15) is 0 Å². The third-order valence-corrected chi connectivity index (χ3v) is 3.25. The van der Waals surface area contributed by atoms with E-state index < -0.39 is 0 Å². The summed E-state index contributed by atoms with van der Waals surface area (Å²) < 4.78 is 2.13. The maximum absolute atomic E-state index is 4.51. The van der Waals surface area contributed by atoms with Crippen LogP contribution in [0.5, 0.6) is 0 Å². The predicted octanol–water partition coefficient (Wildman–Crippen LogP) is 3.70. The molecule has 0 aliphatic rings. The molecule has 0 fully saturated rings. The van der Waals surface area contributed by atoms with E-state index in [1.54, 1.807) is 0 Å². The number of nitrogens with zero attached hydrogens (tertiary/aromatic N) is 2. The zero-order valence-corrected chi connectivity index (χ0v) is 10.9. The van der Waals surface area contributed by atoms with Gasteiger partial charge in [-0.15, -0.1) is 0 Å². The van der Waals surface area contributed by atoms with Crippen molar-refractivity contribution < 1.29 is 0 Å². The van der Waals surface area contributed by atoms with Crippen LogP contribution >= 0.6 is 0 Å². The van der Waals surface area contributed by atoms with Crippen molar-refractivity contribution >= 4 is 11.9 Å². The molecule has 0 bridgehead atoms. The number of hydrogen-bond acceptors (Lipinski definition) is 1. The monoisotopic (exact) mass is 226 g/mol. The van der Waals surface area contributed by atoms with Gasteiger partial charge in [0.05, 0.1) is 17.6 Å². The number of benzene rings is 1. The molecule has 17 heavy (non-hydrogen) atoms. The Morgan fingerprint density at radius 2 is 1.76 bits per heavy atom. The molecule has 0 unspecified atom stereocenters. The van der Waals surface area contributed by atoms with Gasteiger partial charge in [-0.2, -0.15) is 0 Å². The van der Waals surface area contributed by atoms with Gasteiger partial charge in [-0.1, -0.05) is 6.07 Å². The molecule has 0 radical (unpaired) electrons. The molecule has 0 aliphatic carbocycles. The van der Waals surface area contributed by atoms with Crippen LogP contribution in [0.1, 0.15) is 22.5 Å². The standard InChI is InChI=1S/C15H18N2/c1-11-5-7-14(9-12(11)2)16-10-15-8-6-13(3)17(15)4/h5-10H,1-4H3. The van der Waals surface area contributed by atoms with Gasteiger partial charge in [-0.05, 0) is 56.2 Å². The average Bonchev–Trinajstić information content (AvgIpc) is 2.62. The number of hydrogen-bond donors (Lipinski definition) is 0. The molecule has 88 valence electrons. The summed E-state index contributed by atoms with van der Waals surface area (Å²) in [6.45, 7) is 6.32. The number of aromatic nitrogens is 1. The van der Waals surface area contributed by atoms with E-state index in [-0.39, 0.29) is 0 Å². The highest BCUT2D eigenvalue weighted by Crippen LogP contribution is 2.17. The van der Waals surface area contributed by atoms with Gasteiger partial charge in [-0.3, -0.25) is 4.99 Å². The van der Waals surface area contributed by atoms with E-state index in [2.05, 4.69) is 67.7 Å². The molecular formula is C15H18N2. The molecular weight excluding hydrogens is 208 g/mol. The normalized spacial score (nSPS) is 11.3. The van der Waals surface area contributed by atoms with E-state index >= 15 is 0 Å². The first-order chi connectivity index (χ1) is 8.08. The Morgan fingerprint density at radius 1 is 1.00 bits per heavy atom. The van der Waals surface area contributed by atoms with Crippen molar-refractivity contribution in [3.8, 4) is 0 Å². The Hall–Kier alpha value is -1.83. The van der Waals surface area contributed by atoms with Gasteiger partial charge in [0, 0.05) is 12.7 Å².